The molecule has 2 fully saturated rings. The Morgan fingerprint density at radius 2 is 1.79 bits per heavy atom. The first-order chi connectivity index (χ1) is 13.0. The molecule has 0 aliphatic heterocycles. The van der Waals surface area contributed by atoms with E-state index in [0.29, 0.717) is 23.8 Å². The number of esters is 1. The van der Waals surface area contributed by atoms with Crippen molar-refractivity contribution in [2.45, 2.75) is 71.8 Å². The summed E-state index contributed by atoms with van der Waals surface area (Å²) in [5.74, 6) is 0.584. The number of rotatable bonds is 2. The van der Waals surface area contributed by atoms with E-state index < -0.39 is 5.60 Å². The van der Waals surface area contributed by atoms with Crippen LogP contribution in [0.3, 0.4) is 0 Å². The summed E-state index contributed by atoms with van der Waals surface area (Å²) in [4.78, 5) is 36.6. The molecule has 3 unspecified atom stereocenters. The number of ketones is 2. The molecule has 0 heterocycles. The molecule has 28 heavy (non-hydrogen) atoms. The number of hydrogen-bond acceptors (Lipinski definition) is 4. The van der Waals surface area contributed by atoms with Crippen molar-refractivity contribution in [3.8, 4) is 0 Å². The summed E-state index contributed by atoms with van der Waals surface area (Å²) in [5, 5.41) is 0.689. The molecule has 0 amide bonds. The summed E-state index contributed by atoms with van der Waals surface area (Å²) in [7, 11) is 0. The van der Waals surface area contributed by atoms with Gasteiger partial charge in [0.15, 0.2) is 17.2 Å². The van der Waals surface area contributed by atoms with Gasteiger partial charge >= 0.3 is 5.97 Å². The average Bonchev–Trinajstić information content (AvgIpc) is 2.90. The van der Waals surface area contributed by atoms with Gasteiger partial charge in [-0.05, 0) is 73.8 Å². The van der Waals surface area contributed by atoms with Crippen LogP contribution in [0.4, 0.5) is 0 Å². The summed E-state index contributed by atoms with van der Waals surface area (Å²) < 4.78 is 5.79. The Morgan fingerprint density at radius 1 is 1.11 bits per heavy atom. The van der Waals surface area contributed by atoms with Gasteiger partial charge in [-0.1, -0.05) is 31.5 Å². The third kappa shape index (κ3) is 2.46. The van der Waals surface area contributed by atoms with E-state index in [2.05, 4.69) is 19.9 Å². The average molecular weight is 405 g/mol. The highest BCUT2D eigenvalue weighted by molar-refractivity contribution is 6.32. The highest BCUT2D eigenvalue weighted by Crippen LogP contribution is 2.68. The summed E-state index contributed by atoms with van der Waals surface area (Å²) in [6, 6.07) is 0. The second-order valence-corrected chi connectivity index (χ2v) is 10.1. The number of carbonyl (C=O) groups is 3. The molecule has 0 spiro atoms. The van der Waals surface area contributed by atoms with Crippen LogP contribution in [-0.2, 0) is 19.1 Å². The van der Waals surface area contributed by atoms with E-state index in [1.54, 1.807) is 13.0 Å². The summed E-state index contributed by atoms with van der Waals surface area (Å²) in [5.41, 5.74) is -0.532. The van der Waals surface area contributed by atoms with E-state index in [4.69, 9.17) is 16.3 Å². The normalized spacial score (nSPS) is 44.6. The lowest BCUT2D eigenvalue weighted by Gasteiger charge is -2.57. The molecule has 152 valence electrons. The molecule has 0 radical (unpaired) electrons. The molecule has 0 saturated heterocycles. The van der Waals surface area contributed by atoms with E-state index in [9.17, 15) is 14.4 Å². The quantitative estimate of drug-likeness (QED) is 0.623. The topological polar surface area (TPSA) is 60.4 Å². The third-order valence-corrected chi connectivity index (χ3v) is 8.89. The van der Waals surface area contributed by atoms with Crippen molar-refractivity contribution in [1.29, 1.82) is 0 Å². The fourth-order valence-corrected chi connectivity index (χ4v) is 7.55. The maximum Gasteiger partial charge on any atom is 0.303 e. The Balaban J connectivity index is 1.79. The first kappa shape index (κ1) is 19.9. The van der Waals surface area contributed by atoms with Gasteiger partial charge in [0.2, 0.25) is 0 Å². The Morgan fingerprint density at radius 3 is 2.43 bits per heavy atom. The van der Waals surface area contributed by atoms with Crippen LogP contribution in [0.2, 0.25) is 0 Å². The molecule has 6 atom stereocenters. The minimum Gasteiger partial charge on any atom is -0.451 e. The SMILES string of the molecule is CC(=O)O[C@@]1(C(C)=O)CCC2C3C=C(Cl)C4=CC(=O)CC[C@]4(C)C3CC[C@]21C. The molecular formula is C23H29ClO4. The molecule has 4 nitrogen and oxygen atoms in total. The predicted molar refractivity (Wildman–Crippen MR) is 107 cm³/mol. The number of halogens is 1. The van der Waals surface area contributed by atoms with Crippen molar-refractivity contribution < 1.29 is 19.1 Å². The lowest BCUT2D eigenvalue weighted by molar-refractivity contribution is -0.185. The maximum absolute atomic E-state index is 12.7. The minimum absolute atomic E-state index is 0.0490. The third-order valence-electron chi connectivity index (χ3n) is 8.56. The summed E-state index contributed by atoms with van der Waals surface area (Å²) in [6.07, 6.45) is 8.48. The van der Waals surface area contributed by atoms with Gasteiger partial charge in [0.05, 0.1) is 0 Å². The van der Waals surface area contributed by atoms with Crippen molar-refractivity contribution in [1.82, 2.24) is 0 Å². The Bertz CT molecular complexity index is 826. The zero-order valence-corrected chi connectivity index (χ0v) is 17.9. The van der Waals surface area contributed by atoms with Crippen molar-refractivity contribution in [2.24, 2.45) is 28.6 Å². The van der Waals surface area contributed by atoms with Gasteiger partial charge < -0.3 is 4.74 Å². The Hall–Kier alpha value is -1.42. The standard InChI is InChI=1S/C23H29ClO4/c1-13(25)23(28-14(2)26)10-7-18-16-12-20(24)19-11-15(27)5-8-21(19,3)17(16)6-9-22(18,23)4/h11-12,16-18H,5-10H2,1-4H3/t16?,17?,18?,21-,22-,23-/m1/s1. The molecule has 4 rings (SSSR count). The first-order valence-electron chi connectivity index (χ1n) is 10.4. The second-order valence-electron chi connectivity index (χ2n) is 9.72. The van der Waals surface area contributed by atoms with Gasteiger partial charge in [-0.3, -0.25) is 14.4 Å². The molecule has 5 heteroatoms. The number of allylic oxidation sites excluding steroid dienone is 4. The second kappa shape index (κ2) is 6.29. The van der Waals surface area contributed by atoms with Crippen LogP contribution < -0.4 is 0 Å². The molecular weight excluding hydrogens is 376 g/mol. The van der Waals surface area contributed by atoms with Gasteiger partial charge in [-0.15, -0.1) is 0 Å². The monoisotopic (exact) mass is 404 g/mol. The molecule has 4 aliphatic carbocycles. The number of carbonyl (C=O) groups excluding carboxylic acids is 3. The smallest absolute Gasteiger partial charge is 0.303 e. The molecule has 4 aliphatic rings. The molecule has 0 bridgehead atoms. The largest absolute Gasteiger partial charge is 0.451 e. The van der Waals surface area contributed by atoms with E-state index in [0.717, 1.165) is 31.3 Å². The van der Waals surface area contributed by atoms with Crippen LogP contribution in [0.25, 0.3) is 0 Å². The van der Waals surface area contributed by atoms with E-state index in [1.807, 2.05) is 0 Å². The van der Waals surface area contributed by atoms with E-state index >= 15 is 0 Å². The van der Waals surface area contributed by atoms with Gasteiger partial charge in [-0.25, -0.2) is 0 Å². The predicted octanol–water partition coefficient (Wildman–Crippen LogP) is 4.75. The number of hydrogen-bond donors (Lipinski definition) is 0. The summed E-state index contributed by atoms with van der Waals surface area (Å²) >= 11 is 6.71. The zero-order chi connectivity index (χ0) is 20.5. The molecule has 2 saturated carbocycles. The van der Waals surface area contributed by atoms with Crippen LogP contribution >= 0.6 is 11.6 Å². The van der Waals surface area contributed by atoms with Crippen molar-refractivity contribution in [2.75, 3.05) is 0 Å². The fraction of sp³-hybridized carbons (Fsp3) is 0.696. The van der Waals surface area contributed by atoms with Gasteiger partial charge in [-0.2, -0.15) is 0 Å². The highest BCUT2D eigenvalue weighted by atomic mass is 35.5. The van der Waals surface area contributed by atoms with Crippen LogP contribution in [0.1, 0.15) is 66.2 Å². The first-order valence-corrected chi connectivity index (χ1v) is 10.8. The number of ether oxygens (including phenoxy) is 1. The Labute approximate surface area is 171 Å². The number of Topliss-reactive ketones (excluding diaryl/α,β-unsaturated/α-hetero) is 1. The van der Waals surface area contributed by atoms with Crippen molar-refractivity contribution in [3.05, 3.63) is 22.8 Å². The van der Waals surface area contributed by atoms with Crippen LogP contribution in [0, 0.1) is 28.6 Å². The molecule has 0 aromatic heterocycles. The fourth-order valence-electron chi connectivity index (χ4n) is 7.13. The Kier molecular flexibility index (Phi) is 4.46. The molecule has 0 N–H and O–H groups in total. The van der Waals surface area contributed by atoms with Crippen molar-refractivity contribution in [3.63, 3.8) is 0 Å². The number of fused-ring (bicyclic) bond motifs is 5. The van der Waals surface area contributed by atoms with Gasteiger partial charge in [0, 0.05) is 23.8 Å². The maximum atomic E-state index is 12.7. The van der Waals surface area contributed by atoms with E-state index in [-0.39, 0.29) is 40.2 Å². The molecule has 0 aromatic carbocycles. The molecule has 0 aromatic rings. The van der Waals surface area contributed by atoms with Crippen LogP contribution in [-0.4, -0.2) is 23.1 Å². The van der Waals surface area contributed by atoms with Crippen molar-refractivity contribution >= 4 is 29.1 Å². The lowest BCUT2D eigenvalue weighted by atomic mass is 9.48. The lowest BCUT2D eigenvalue weighted by Crippen LogP contribution is -2.58. The van der Waals surface area contributed by atoms with Gasteiger partial charge in [0.1, 0.15) is 0 Å². The highest BCUT2D eigenvalue weighted by Gasteiger charge is 2.67. The minimum atomic E-state index is -1.03. The van der Waals surface area contributed by atoms with Gasteiger partial charge in [0.25, 0.3) is 0 Å². The van der Waals surface area contributed by atoms with Crippen LogP contribution in [0.5, 0.6) is 0 Å². The van der Waals surface area contributed by atoms with Crippen LogP contribution in [0.15, 0.2) is 22.8 Å². The zero-order valence-electron chi connectivity index (χ0n) is 17.1. The summed E-state index contributed by atoms with van der Waals surface area (Å²) in [6.45, 7) is 7.33. The van der Waals surface area contributed by atoms with E-state index in [1.165, 1.54) is 6.92 Å².